The maximum Gasteiger partial charge on any atom is 0.270 e. The molecule has 0 amide bonds. The third-order valence-electron chi connectivity index (χ3n) is 6.97. The molecule has 2 aliphatic rings. The molecule has 188 valence electrons. The molecule has 11 heteroatoms. The lowest BCUT2D eigenvalue weighted by atomic mass is 10.1. The van der Waals surface area contributed by atoms with Gasteiger partial charge in [0.15, 0.2) is 23.3 Å². The smallest absolute Gasteiger partial charge is 0.270 e. The van der Waals surface area contributed by atoms with Gasteiger partial charge < -0.3 is 20.7 Å². The van der Waals surface area contributed by atoms with Gasteiger partial charge in [0.25, 0.3) is 5.69 Å². The molecule has 4 heterocycles. The van der Waals surface area contributed by atoms with Gasteiger partial charge in [0.1, 0.15) is 12.3 Å². The van der Waals surface area contributed by atoms with Crippen LogP contribution in [0.15, 0.2) is 78.9 Å². The molecule has 11 nitrogen and oxygen atoms in total. The molecule has 2 aromatic heterocycles. The summed E-state index contributed by atoms with van der Waals surface area (Å²) in [6.07, 6.45) is 0. The second-order valence-corrected chi connectivity index (χ2v) is 9.46. The second kappa shape index (κ2) is 8.53. The normalized spacial score (nSPS) is 14.5. The fourth-order valence-corrected chi connectivity index (χ4v) is 5.21. The van der Waals surface area contributed by atoms with Crippen molar-refractivity contribution in [2.45, 2.75) is 26.2 Å². The van der Waals surface area contributed by atoms with E-state index in [1.165, 1.54) is 12.1 Å². The predicted octanol–water partition coefficient (Wildman–Crippen LogP) is 3.39. The molecule has 0 saturated heterocycles. The molecule has 0 spiro atoms. The molecular formula is C27H23N8O3+. The van der Waals surface area contributed by atoms with Crippen LogP contribution in [0, 0.1) is 10.1 Å². The highest BCUT2D eigenvalue weighted by atomic mass is 16.6. The minimum absolute atomic E-state index is 0.00138. The van der Waals surface area contributed by atoms with Crippen molar-refractivity contribution >= 4 is 28.1 Å². The number of pyridine rings is 1. The van der Waals surface area contributed by atoms with Gasteiger partial charge in [0.05, 0.1) is 16.7 Å². The van der Waals surface area contributed by atoms with Crippen LogP contribution in [-0.2, 0) is 26.2 Å². The molecule has 2 aliphatic heterocycles. The van der Waals surface area contributed by atoms with Crippen LogP contribution in [0.1, 0.15) is 22.5 Å². The van der Waals surface area contributed by atoms with Crippen LogP contribution in [0.2, 0.25) is 0 Å². The number of nitrogens with one attached hydrogen (secondary N) is 1. The van der Waals surface area contributed by atoms with Crippen molar-refractivity contribution in [1.82, 2.24) is 9.90 Å². The summed E-state index contributed by atoms with van der Waals surface area (Å²) in [5.41, 5.74) is 11.0. The van der Waals surface area contributed by atoms with Crippen LogP contribution in [-0.4, -0.2) is 19.9 Å². The lowest BCUT2D eigenvalue weighted by molar-refractivity contribution is -0.724. The Morgan fingerprint density at radius 2 is 1.58 bits per heavy atom. The number of nitrogens with zero attached hydrogens (tertiary/aromatic N) is 7. The standard InChI is InChI=1S/C27H22N8O3/c36-27-18-12-22(35(37)38)13-19(27)15-32-24-9-2-4-11-26(24)34(30-32)17-21-7-5-6-20(28-21)16-33-25-10-3-1-8-23(25)31(14-18)29-33/h1-13,36H,14-17H2/p+1. The van der Waals surface area contributed by atoms with Gasteiger partial charge in [-0.15, -0.1) is 9.36 Å². The number of aromatic amines is 1. The Kier molecular flexibility index (Phi) is 4.98. The van der Waals surface area contributed by atoms with E-state index in [4.69, 9.17) is 10.7 Å². The maximum atomic E-state index is 11.9. The molecule has 2 N–H and O–H groups in total. The number of aromatic nitrogens is 4. The van der Waals surface area contributed by atoms with Gasteiger partial charge >= 0.3 is 0 Å². The third kappa shape index (κ3) is 3.68. The van der Waals surface area contributed by atoms with Crippen molar-refractivity contribution in [3.8, 4) is 5.75 Å². The zero-order chi connectivity index (χ0) is 25.8. The highest BCUT2D eigenvalue weighted by Crippen LogP contribution is 2.42. The minimum atomic E-state index is -0.435. The number of anilines is 2. The van der Waals surface area contributed by atoms with Crippen molar-refractivity contribution in [3.05, 3.63) is 117 Å². The Balaban J connectivity index is 1.43. The number of benzene rings is 3. The first-order chi connectivity index (χ1) is 18.5. The SMILES string of the molecule is O=[N+]([O-])c1cc2c(O)c(c1)C[n+]1nn(c3ccccc31)Cc1cccc([nH+]1)CN1[N-]N(C2)c2ccccc21. The third-order valence-corrected chi connectivity index (χ3v) is 6.97. The summed E-state index contributed by atoms with van der Waals surface area (Å²) in [7, 11) is 0. The van der Waals surface area contributed by atoms with Gasteiger partial charge in [-0.05, 0) is 30.3 Å². The van der Waals surface area contributed by atoms with E-state index < -0.39 is 4.92 Å². The van der Waals surface area contributed by atoms with Crippen LogP contribution < -0.4 is 19.7 Å². The molecule has 7 rings (SSSR count). The second-order valence-electron chi connectivity index (χ2n) is 9.46. The molecule has 0 fully saturated rings. The van der Waals surface area contributed by atoms with Gasteiger partial charge in [-0.1, -0.05) is 24.3 Å². The Morgan fingerprint density at radius 1 is 0.895 bits per heavy atom. The number of rotatable bonds is 1. The van der Waals surface area contributed by atoms with Crippen molar-refractivity contribution in [3.63, 3.8) is 0 Å². The average molecular weight is 508 g/mol. The van der Waals surface area contributed by atoms with Crippen molar-refractivity contribution < 1.29 is 19.7 Å². The Hall–Kier alpha value is -5.03. The first-order valence-electron chi connectivity index (χ1n) is 12.2. The van der Waals surface area contributed by atoms with Crippen LogP contribution in [0.3, 0.4) is 0 Å². The Morgan fingerprint density at radius 3 is 2.37 bits per heavy atom. The monoisotopic (exact) mass is 507 g/mol. The number of phenolic OH excluding ortho intramolecular Hbond substituents is 1. The van der Waals surface area contributed by atoms with E-state index in [1.54, 1.807) is 9.69 Å². The number of nitro groups is 1. The van der Waals surface area contributed by atoms with Crippen molar-refractivity contribution in [2.24, 2.45) is 0 Å². The van der Waals surface area contributed by atoms with Crippen LogP contribution in [0.25, 0.3) is 16.6 Å². The molecule has 0 radical (unpaired) electrons. The van der Waals surface area contributed by atoms with Gasteiger partial charge in [-0.3, -0.25) is 10.1 Å². The Labute approximate surface area is 216 Å². The van der Waals surface area contributed by atoms with E-state index in [9.17, 15) is 15.2 Å². The highest BCUT2D eigenvalue weighted by Gasteiger charge is 2.26. The predicted molar refractivity (Wildman–Crippen MR) is 138 cm³/mol. The number of non-ortho nitro benzene ring substituents is 1. The molecular weight excluding hydrogens is 484 g/mol. The molecule has 0 atom stereocenters. The molecule has 38 heavy (non-hydrogen) atoms. The summed E-state index contributed by atoms with van der Waals surface area (Å²) in [5.74, 6) is -0.00138. The summed E-state index contributed by atoms with van der Waals surface area (Å²) in [6, 6.07) is 24.5. The lowest BCUT2D eigenvalue weighted by Crippen LogP contribution is -2.38. The van der Waals surface area contributed by atoms with E-state index in [0.29, 0.717) is 24.2 Å². The van der Waals surface area contributed by atoms with E-state index in [1.807, 2.05) is 76.4 Å². The number of para-hydroxylation sites is 4. The molecule has 0 unspecified atom stereocenters. The highest BCUT2D eigenvalue weighted by molar-refractivity contribution is 5.79. The minimum Gasteiger partial charge on any atom is -0.507 e. The quantitative estimate of drug-likeness (QED) is 0.211. The summed E-state index contributed by atoms with van der Waals surface area (Å²) in [4.78, 5) is 15.0. The number of hydrogen-bond acceptors (Lipinski definition) is 6. The maximum absolute atomic E-state index is 11.9. The molecule has 3 aromatic carbocycles. The summed E-state index contributed by atoms with van der Waals surface area (Å²) < 4.78 is 3.66. The number of hydrogen-bond donors (Lipinski definition) is 1. The molecule has 0 aliphatic carbocycles. The number of fused-ring (bicyclic) bond motifs is 14. The first kappa shape index (κ1) is 22.2. The van der Waals surface area contributed by atoms with E-state index in [2.05, 4.69) is 4.98 Å². The van der Waals surface area contributed by atoms with E-state index >= 15 is 0 Å². The fourth-order valence-electron chi connectivity index (χ4n) is 5.21. The summed E-state index contributed by atoms with van der Waals surface area (Å²) >= 11 is 0. The number of nitro benzene ring substituents is 1. The number of phenols is 1. The number of H-pyrrole nitrogens is 1. The number of aromatic hydroxyl groups is 1. The zero-order valence-electron chi connectivity index (χ0n) is 20.2. The van der Waals surface area contributed by atoms with Gasteiger partial charge in [-0.2, -0.15) is 0 Å². The van der Waals surface area contributed by atoms with Gasteiger partial charge in [0.2, 0.25) is 5.69 Å². The van der Waals surface area contributed by atoms with Crippen LogP contribution in [0.4, 0.5) is 17.1 Å². The van der Waals surface area contributed by atoms with Gasteiger partial charge in [-0.25, -0.2) is 4.98 Å². The Bertz CT molecular complexity index is 1730. The van der Waals surface area contributed by atoms with Crippen molar-refractivity contribution in [1.29, 1.82) is 0 Å². The summed E-state index contributed by atoms with van der Waals surface area (Å²) in [5, 5.41) is 31.7. The fraction of sp³-hybridized carbons (Fsp3) is 0.148. The molecule has 5 aromatic rings. The van der Waals surface area contributed by atoms with Crippen LogP contribution in [0.5, 0.6) is 5.75 Å². The largest absolute Gasteiger partial charge is 0.507 e. The molecule has 0 saturated carbocycles. The van der Waals surface area contributed by atoms with E-state index in [0.717, 1.165) is 33.8 Å². The van der Waals surface area contributed by atoms with E-state index in [-0.39, 0.29) is 24.5 Å². The summed E-state index contributed by atoms with van der Waals surface area (Å²) in [6.45, 7) is 1.32. The van der Waals surface area contributed by atoms with Crippen LogP contribution >= 0.6 is 0 Å². The van der Waals surface area contributed by atoms with Gasteiger partial charge in [0, 0.05) is 53.3 Å². The molecule has 8 bridgehead atoms. The first-order valence-corrected chi connectivity index (χ1v) is 12.2. The average Bonchev–Trinajstić information content (AvgIpc) is 3.44. The zero-order valence-corrected chi connectivity index (χ0v) is 20.2. The van der Waals surface area contributed by atoms with Crippen molar-refractivity contribution in [2.75, 3.05) is 10.0 Å². The topological polar surface area (TPSA) is 120 Å². The lowest BCUT2D eigenvalue weighted by Gasteiger charge is -2.38.